The highest BCUT2D eigenvalue weighted by Gasteiger charge is 2.26. The highest BCUT2D eigenvalue weighted by Crippen LogP contribution is 2.19. The number of piperidine rings is 1. The molecule has 0 spiro atoms. The lowest BCUT2D eigenvalue weighted by Gasteiger charge is -2.33. The molecule has 0 aliphatic carbocycles. The van der Waals surface area contributed by atoms with Gasteiger partial charge in [-0.2, -0.15) is 0 Å². The maximum Gasteiger partial charge on any atom is 0.410 e. The highest BCUT2D eigenvalue weighted by atomic mass is 16.6. The number of carbonyl (C=O) groups excluding carboxylic acids is 2. The maximum atomic E-state index is 12.0. The molecule has 2 rings (SSSR count). The molecule has 1 aliphatic rings. The van der Waals surface area contributed by atoms with Gasteiger partial charge in [-0.25, -0.2) is 4.79 Å². The topological polar surface area (TPSA) is 58.6 Å². The zero-order chi connectivity index (χ0) is 16.9. The largest absolute Gasteiger partial charge is 0.444 e. The lowest BCUT2D eigenvalue weighted by molar-refractivity contribution is 0.0183. The number of nitrogens with zero attached hydrogens (tertiary/aromatic N) is 1. The van der Waals surface area contributed by atoms with Crippen LogP contribution in [0.4, 0.5) is 4.79 Å². The molecule has 1 N–H and O–H groups in total. The van der Waals surface area contributed by atoms with Crippen molar-refractivity contribution in [1.82, 2.24) is 10.2 Å². The van der Waals surface area contributed by atoms with Crippen LogP contribution in [0.2, 0.25) is 0 Å². The van der Waals surface area contributed by atoms with Gasteiger partial charge in [0.1, 0.15) is 5.60 Å². The predicted octanol–water partition coefficient (Wildman–Crippen LogP) is 2.86. The van der Waals surface area contributed by atoms with Crippen molar-refractivity contribution in [3.8, 4) is 0 Å². The first-order valence-electron chi connectivity index (χ1n) is 8.07. The number of likely N-dealkylation sites (tertiary alicyclic amines) is 1. The average molecular weight is 317 g/mol. The molecule has 0 unspecified atom stereocenters. The lowest BCUT2D eigenvalue weighted by atomic mass is 9.97. The Hall–Kier alpha value is -2.04. The minimum absolute atomic E-state index is 0.0615. The summed E-state index contributed by atoms with van der Waals surface area (Å²) in [5.74, 6) is 0.335. The molecule has 1 aromatic carbocycles. The zero-order valence-electron chi connectivity index (χ0n) is 14.1. The monoisotopic (exact) mass is 317 g/mol. The lowest BCUT2D eigenvalue weighted by Crippen LogP contribution is -2.43. The molecule has 125 valence electrons. The molecule has 5 heteroatoms. The molecule has 0 bridgehead atoms. The number of rotatable bonds is 3. The van der Waals surface area contributed by atoms with Gasteiger partial charge in [0.15, 0.2) is 0 Å². The van der Waals surface area contributed by atoms with Crippen molar-refractivity contribution >= 4 is 12.0 Å². The number of amides is 2. The van der Waals surface area contributed by atoms with Crippen molar-refractivity contribution in [1.29, 1.82) is 0 Å². The molecule has 1 radical (unpaired) electrons. The van der Waals surface area contributed by atoms with E-state index < -0.39 is 5.60 Å². The van der Waals surface area contributed by atoms with Crippen molar-refractivity contribution in [2.75, 3.05) is 19.6 Å². The molecule has 2 amide bonds. The Morgan fingerprint density at radius 3 is 2.43 bits per heavy atom. The number of ether oxygens (including phenoxy) is 1. The first-order chi connectivity index (χ1) is 10.8. The van der Waals surface area contributed by atoms with Crippen molar-refractivity contribution in [2.24, 2.45) is 5.92 Å². The second-order valence-corrected chi connectivity index (χ2v) is 6.91. The second kappa shape index (κ2) is 7.49. The van der Waals surface area contributed by atoms with Gasteiger partial charge in [0, 0.05) is 25.2 Å². The summed E-state index contributed by atoms with van der Waals surface area (Å²) in [7, 11) is 0. The Morgan fingerprint density at radius 2 is 1.87 bits per heavy atom. The van der Waals surface area contributed by atoms with E-state index in [1.807, 2.05) is 20.8 Å². The molecule has 1 heterocycles. The number of nitrogens with one attached hydrogen (secondary N) is 1. The number of benzene rings is 1. The predicted molar refractivity (Wildman–Crippen MR) is 88.1 cm³/mol. The molecule has 23 heavy (non-hydrogen) atoms. The fourth-order valence-electron chi connectivity index (χ4n) is 2.52. The Morgan fingerprint density at radius 1 is 1.26 bits per heavy atom. The summed E-state index contributed by atoms with van der Waals surface area (Å²) in [5, 5.41) is 2.96. The Bertz CT molecular complexity index is 529. The zero-order valence-corrected chi connectivity index (χ0v) is 14.1. The number of hydrogen-bond donors (Lipinski definition) is 1. The van der Waals surface area contributed by atoms with Crippen molar-refractivity contribution in [3.05, 3.63) is 35.9 Å². The number of hydrogen-bond acceptors (Lipinski definition) is 3. The fourth-order valence-corrected chi connectivity index (χ4v) is 2.52. The SMILES string of the molecule is CC(C)(C)OC(=O)N1CCC(CNC(=O)c2cc[c]cc2)CC1. The first kappa shape index (κ1) is 17.3. The summed E-state index contributed by atoms with van der Waals surface area (Å²) >= 11 is 0. The van der Waals surface area contributed by atoms with Crippen molar-refractivity contribution in [2.45, 2.75) is 39.2 Å². The molecule has 1 aliphatic heterocycles. The third-order valence-corrected chi connectivity index (χ3v) is 3.80. The minimum atomic E-state index is -0.463. The van der Waals surface area contributed by atoms with Gasteiger partial charge in [0.05, 0.1) is 0 Å². The molecular weight excluding hydrogens is 292 g/mol. The normalized spacial score (nSPS) is 16.0. The molecule has 1 aromatic rings. The van der Waals surface area contributed by atoms with Gasteiger partial charge in [-0.3, -0.25) is 4.79 Å². The Kier molecular flexibility index (Phi) is 5.64. The summed E-state index contributed by atoms with van der Waals surface area (Å²) in [5.41, 5.74) is 0.185. The van der Waals surface area contributed by atoms with E-state index in [9.17, 15) is 9.59 Å². The van der Waals surface area contributed by atoms with Gasteiger partial charge in [0.2, 0.25) is 0 Å². The molecule has 5 nitrogen and oxygen atoms in total. The Balaban J connectivity index is 1.73. The third kappa shape index (κ3) is 5.58. The van der Waals surface area contributed by atoms with E-state index in [4.69, 9.17) is 4.74 Å². The first-order valence-corrected chi connectivity index (χ1v) is 8.07. The summed E-state index contributed by atoms with van der Waals surface area (Å²) < 4.78 is 5.38. The summed E-state index contributed by atoms with van der Waals surface area (Å²) in [4.78, 5) is 25.8. The van der Waals surface area contributed by atoms with E-state index in [1.165, 1.54) is 0 Å². The minimum Gasteiger partial charge on any atom is -0.444 e. The fraction of sp³-hybridized carbons (Fsp3) is 0.556. The highest BCUT2D eigenvalue weighted by molar-refractivity contribution is 5.94. The molecule has 0 aromatic heterocycles. The van der Waals surface area contributed by atoms with Gasteiger partial charge < -0.3 is 15.0 Å². The van der Waals surface area contributed by atoms with Crippen LogP contribution in [0.3, 0.4) is 0 Å². The standard InChI is InChI=1S/C18H25N2O3/c1-18(2,3)23-17(22)20-11-9-14(10-12-20)13-19-16(21)15-7-5-4-6-8-15/h5-8,14H,9-13H2,1-3H3,(H,19,21). The van der Waals surface area contributed by atoms with Gasteiger partial charge in [-0.1, -0.05) is 12.1 Å². The third-order valence-electron chi connectivity index (χ3n) is 3.80. The van der Waals surface area contributed by atoms with Crippen LogP contribution in [-0.4, -0.2) is 42.1 Å². The summed E-state index contributed by atoms with van der Waals surface area (Å²) in [6.45, 7) is 7.60. The van der Waals surface area contributed by atoms with Crippen LogP contribution in [0.1, 0.15) is 44.0 Å². The van der Waals surface area contributed by atoms with E-state index in [1.54, 1.807) is 29.2 Å². The van der Waals surface area contributed by atoms with Crippen LogP contribution in [0.25, 0.3) is 0 Å². The smallest absolute Gasteiger partial charge is 0.410 e. The van der Waals surface area contributed by atoms with Gasteiger partial charge in [-0.05, 0) is 57.7 Å². The van der Waals surface area contributed by atoms with Crippen molar-refractivity contribution < 1.29 is 14.3 Å². The average Bonchev–Trinajstić information content (AvgIpc) is 2.52. The quantitative estimate of drug-likeness (QED) is 0.932. The van der Waals surface area contributed by atoms with Crippen LogP contribution in [0, 0.1) is 12.0 Å². The van der Waals surface area contributed by atoms with Crippen LogP contribution in [0.5, 0.6) is 0 Å². The maximum absolute atomic E-state index is 12.0. The summed E-state index contributed by atoms with van der Waals surface area (Å²) in [6, 6.07) is 9.86. The van der Waals surface area contributed by atoms with E-state index in [-0.39, 0.29) is 12.0 Å². The summed E-state index contributed by atoms with van der Waals surface area (Å²) in [6.07, 6.45) is 1.50. The van der Waals surface area contributed by atoms with Gasteiger partial charge in [-0.15, -0.1) is 0 Å². The van der Waals surface area contributed by atoms with E-state index >= 15 is 0 Å². The van der Waals surface area contributed by atoms with E-state index in [0.29, 0.717) is 31.1 Å². The molecule has 0 atom stereocenters. The molecule has 1 saturated heterocycles. The second-order valence-electron chi connectivity index (χ2n) is 6.91. The van der Waals surface area contributed by atoms with Crippen LogP contribution >= 0.6 is 0 Å². The van der Waals surface area contributed by atoms with E-state index in [0.717, 1.165) is 12.8 Å². The van der Waals surface area contributed by atoms with E-state index in [2.05, 4.69) is 11.4 Å². The van der Waals surface area contributed by atoms with Gasteiger partial charge in [0.25, 0.3) is 5.91 Å². The molecule has 0 saturated carbocycles. The Labute approximate surface area is 138 Å². The van der Waals surface area contributed by atoms with Crippen molar-refractivity contribution in [3.63, 3.8) is 0 Å². The van der Waals surface area contributed by atoms with Crippen LogP contribution < -0.4 is 5.32 Å². The number of carbonyl (C=O) groups is 2. The molecular formula is C18H25N2O3. The van der Waals surface area contributed by atoms with Gasteiger partial charge >= 0.3 is 6.09 Å². The van der Waals surface area contributed by atoms with Crippen LogP contribution in [0.15, 0.2) is 24.3 Å². The van der Waals surface area contributed by atoms with Crippen LogP contribution in [-0.2, 0) is 4.74 Å². The molecule has 1 fully saturated rings.